The minimum atomic E-state index is -0.498. The third-order valence-electron chi connectivity index (χ3n) is 4.75. The molecule has 1 aliphatic carbocycles. The number of benzene rings is 1. The number of aliphatic imine (C=N–C) groups is 1. The van der Waals surface area contributed by atoms with Crippen molar-refractivity contribution in [2.24, 2.45) is 10.9 Å². The molecule has 0 saturated heterocycles. The van der Waals surface area contributed by atoms with Crippen molar-refractivity contribution < 1.29 is 9.53 Å². The van der Waals surface area contributed by atoms with Crippen LogP contribution in [0.1, 0.15) is 58.4 Å². The summed E-state index contributed by atoms with van der Waals surface area (Å²) >= 11 is 0. The van der Waals surface area contributed by atoms with E-state index in [-0.39, 0.29) is 12.1 Å². The fraction of sp³-hybridized carbons (Fsp3) is 0.600. The second kappa shape index (κ2) is 6.96. The summed E-state index contributed by atoms with van der Waals surface area (Å²) in [6, 6.07) is 10.2. The molecule has 0 unspecified atom stereocenters. The Hall–Kier alpha value is -1.84. The van der Waals surface area contributed by atoms with Gasteiger partial charge in [0.1, 0.15) is 11.4 Å². The molecular weight excluding hydrogens is 300 g/mol. The van der Waals surface area contributed by atoms with Crippen LogP contribution in [0, 0.1) is 5.92 Å². The van der Waals surface area contributed by atoms with Gasteiger partial charge in [-0.3, -0.25) is 9.89 Å². The highest BCUT2D eigenvalue weighted by atomic mass is 16.6. The first-order chi connectivity index (χ1) is 11.4. The molecule has 4 heteroatoms. The SMILES string of the molecule is CC(C)(C)OC(=O)N1C[C@@H](C2CCCCC2)N=C1c1ccccc1. The summed E-state index contributed by atoms with van der Waals surface area (Å²) in [6.07, 6.45) is 6.04. The van der Waals surface area contributed by atoms with Crippen LogP contribution in [0.2, 0.25) is 0 Å². The van der Waals surface area contributed by atoms with Gasteiger partial charge in [-0.1, -0.05) is 49.6 Å². The monoisotopic (exact) mass is 328 g/mol. The maximum absolute atomic E-state index is 12.7. The molecule has 1 heterocycles. The molecule has 130 valence electrons. The summed E-state index contributed by atoms with van der Waals surface area (Å²) < 4.78 is 5.62. The van der Waals surface area contributed by atoms with Gasteiger partial charge in [-0.05, 0) is 39.5 Å². The van der Waals surface area contributed by atoms with E-state index < -0.39 is 5.60 Å². The van der Waals surface area contributed by atoms with Crippen molar-refractivity contribution in [1.29, 1.82) is 0 Å². The highest BCUT2D eigenvalue weighted by molar-refractivity contribution is 6.07. The Morgan fingerprint density at radius 3 is 2.42 bits per heavy atom. The molecule has 0 bridgehead atoms. The molecule has 1 aliphatic heterocycles. The number of carbonyl (C=O) groups excluding carboxylic acids is 1. The number of amides is 1. The van der Waals surface area contributed by atoms with Crippen LogP contribution in [0.5, 0.6) is 0 Å². The van der Waals surface area contributed by atoms with E-state index in [1.165, 1.54) is 32.1 Å². The normalized spacial score (nSPS) is 22.4. The molecule has 0 N–H and O–H groups in total. The molecule has 1 atom stereocenters. The van der Waals surface area contributed by atoms with E-state index in [0.717, 1.165) is 11.4 Å². The third kappa shape index (κ3) is 3.97. The van der Waals surface area contributed by atoms with Crippen LogP contribution in [-0.2, 0) is 4.74 Å². The van der Waals surface area contributed by atoms with Crippen LogP contribution in [0.15, 0.2) is 35.3 Å². The van der Waals surface area contributed by atoms with Crippen molar-refractivity contribution in [3.8, 4) is 0 Å². The van der Waals surface area contributed by atoms with Crippen molar-refractivity contribution >= 4 is 11.9 Å². The van der Waals surface area contributed by atoms with E-state index in [1.807, 2.05) is 51.1 Å². The van der Waals surface area contributed by atoms with Gasteiger partial charge in [0.25, 0.3) is 0 Å². The lowest BCUT2D eigenvalue weighted by molar-refractivity contribution is 0.0371. The summed E-state index contributed by atoms with van der Waals surface area (Å²) in [5, 5.41) is 0. The largest absolute Gasteiger partial charge is 0.443 e. The van der Waals surface area contributed by atoms with Gasteiger partial charge in [-0.2, -0.15) is 0 Å². The van der Waals surface area contributed by atoms with Gasteiger partial charge in [0, 0.05) is 5.56 Å². The molecule has 0 aromatic heterocycles. The van der Waals surface area contributed by atoms with Crippen molar-refractivity contribution in [1.82, 2.24) is 4.90 Å². The Balaban J connectivity index is 1.84. The predicted octanol–water partition coefficient (Wildman–Crippen LogP) is 4.63. The summed E-state index contributed by atoms with van der Waals surface area (Å²) in [7, 11) is 0. The first-order valence-corrected chi connectivity index (χ1v) is 9.08. The van der Waals surface area contributed by atoms with Gasteiger partial charge in [-0.15, -0.1) is 0 Å². The van der Waals surface area contributed by atoms with E-state index in [1.54, 1.807) is 4.90 Å². The molecule has 1 fully saturated rings. The Bertz CT molecular complexity index is 598. The lowest BCUT2D eigenvalue weighted by atomic mass is 9.84. The van der Waals surface area contributed by atoms with E-state index >= 15 is 0 Å². The predicted molar refractivity (Wildman–Crippen MR) is 96.3 cm³/mol. The minimum absolute atomic E-state index is 0.202. The quantitative estimate of drug-likeness (QED) is 0.794. The molecule has 0 spiro atoms. The summed E-state index contributed by atoms with van der Waals surface area (Å²) in [6.45, 7) is 6.35. The maximum Gasteiger partial charge on any atom is 0.416 e. The number of nitrogens with zero attached hydrogens (tertiary/aromatic N) is 2. The van der Waals surface area contributed by atoms with Gasteiger partial charge < -0.3 is 4.74 Å². The molecule has 1 aromatic rings. The topological polar surface area (TPSA) is 41.9 Å². The smallest absolute Gasteiger partial charge is 0.416 e. The second-order valence-electron chi connectivity index (χ2n) is 7.88. The highest BCUT2D eigenvalue weighted by Crippen LogP contribution is 2.32. The molecule has 4 nitrogen and oxygen atoms in total. The Morgan fingerprint density at radius 1 is 1.12 bits per heavy atom. The first kappa shape index (κ1) is 17.0. The second-order valence-corrected chi connectivity index (χ2v) is 7.88. The molecule has 24 heavy (non-hydrogen) atoms. The maximum atomic E-state index is 12.7. The summed E-state index contributed by atoms with van der Waals surface area (Å²) in [4.78, 5) is 19.4. The minimum Gasteiger partial charge on any atom is -0.443 e. The van der Waals surface area contributed by atoms with Gasteiger partial charge in [0.2, 0.25) is 0 Å². The molecule has 1 aromatic carbocycles. The summed E-state index contributed by atoms with van der Waals surface area (Å²) in [5.41, 5.74) is 0.489. The first-order valence-electron chi connectivity index (χ1n) is 9.08. The van der Waals surface area contributed by atoms with Crippen LogP contribution < -0.4 is 0 Å². The molecular formula is C20H28N2O2. The fourth-order valence-corrected chi connectivity index (χ4v) is 3.61. The van der Waals surface area contributed by atoms with Crippen LogP contribution >= 0.6 is 0 Å². The van der Waals surface area contributed by atoms with Crippen LogP contribution in [0.4, 0.5) is 4.79 Å². The van der Waals surface area contributed by atoms with Gasteiger partial charge in [0.05, 0.1) is 12.6 Å². The average Bonchev–Trinajstić information content (AvgIpc) is 3.00. The number of hydrogen-bond acceptors (Lipinski definition) is 3. The van der Waals surface area contributed by atoms with Gasteiger partial charge in [0.15, 0.2) is 0 Å². The van der Waals surface area contributed by atoms with E-state index in [9.17, 15) is 4.79 Å². The van der Waals surface area contributed by atoms with E-state index in [2.05, 4.69) is 0 Å². The Kier molecular flexibility index (Phi) is 4.93. The zero-order valence-corrected chi connectivity index (χ0v) is 15.0. The number of ether oxygens (including phenoxy) is 1. The standard InChI is InChI=1S/C20H28N2O2/c1-20(2,3)24-19(23)22-14-17(15-10-6-4-7-11-15)21-18(22)16-12-8-5-9-13-16/h5,8-9,12-13,15,17H,4,6-7,10-11,14H2,1-3H3/t17-/m0/s1. The summed E-state index contributed by atoms with van der Waals surface area (Å²) in [5.74, 6) is 1.35. The van der Waals surface area contributed by atoms with E-state index in [4.69, 9.17) is 9.73 Å². The molecule has 0 radical (unpaired) electrons. The van der Waals surface area contributed by atoms with E-state index in [0.29, 0.717) is 12.5 Å². The molecule has 1 amide bonds. The molecule has 2 aliphatic rings. The van der Waals surface area contributed by atoms with Crippen molar-refractivity contribution in [3.05, 3.63) is 35.9 Å². The van der Waals surface area contributed by atoms with Crippen molar-refractivity contribution in [3.63, 3.8) is 0 Å². The highest BCUT2D eigenvalue weighted by Gasteiger charge is 2.37. The van der Waals surface area contributed by atoms with Crippen LogP contribution in [0.3, 0.4) is 0 Å². The van der Waals surface area contributed by atoms with Gasteiger partial charge in [-0.25, -0.2) is 4.79 Å². The zero-order chi connectivity index (χ0) is 17.2. The van der Waals surface area contributed by atoms with Gasteiger partial charge >= 0.3 is 6.09 Å². The number of hydrogen-bond donors (Lipinski definition) is 0. The fourth-order valence-electron chi connectivity index (χ4n) is 3.61. The number of rotatable bonds is 2. The average molecular weight is 328 g/mol. The van der Waals surface area contributed by atoms with Crippen molar-refractivity contribution in [2.45, 2.75) is 64.5 Å². The Morgan fingerprint density at radius 2 is 1.79 bits per heavy atom. The molecule has 1 saturated carbocycles. The number of carbonyl (C=O) groups is 1. The van der Waals surface area contributed by atoms with Crippen LogP contribution in [0.25, 0.3) is 0 Å². The van der Waals surface area contributed by atoms with Crippen molar-refractivity contribution in [2.75, 3.05) is 6.54 Å². The zero-order valence-electron chi connectivity index (χ0n) is 15.0. The molecule has 3 rings (SSSR count). The lowest BCUT2D eigenvalue weighted by Crippen LogP contribution is -2.41. The Labute approximate surface area is 144 Å². The lowest BCUT2D eigenvalue weighted by Gasteiger charge is -2.27. The van der Waals surface area contributed by atoms with Crippen LogP contribution in [-0.4, -0.2) is 35.0 Å². The third-order valence-corrected chi connectivity index (χ3v) is 4.75. The number of amidine groups is 1.